The summed E-state index contributed by atoms with van der Waals surface area (Å²) in [6.07, 6.45) is 0. The number of likely N-dealkylation sites (tertiary alicyclic amines) is 1. The van der Waals surface area contributed by atoms with Crippen LogP contribution in [0, 0.1) is 5.92 Å². The van der Waals surface area contributed by atoms with Gasteiger partial charge < -0.3 is 15.5 Å². The molecule has 25 heavy (non-hydrogen) atoms. The van der Waals surface area contributed by atoms with E-state index in [0.29, 0.717) is 12.5 Å². The third-order valence-corrected chi connectivity index (χ3v) is 4.45. The van der Waals surface area contributed by atoms with Crippen molar-refractivity contribution in [2.75, 3.05) is 11.9 Å². The molecule has 2 aromatic rings. The molecule has 0 radical (unpaired) electrons. The van der Waals surface area contributed by atoms with Crippen molar-refractivity contribution in [1.82, 2.24) is 10.2 Å². The van der Waals surface area contributed by atoms with Crippen LogP contribution >= 0.6 is 0 Å². The van der Waals surface area contributed by atoms with Gasteiger partial charge in [0.05, 0.1) is 6.04 Å². The molecule has 5 nitrogen and oxygen atoms in total. The van der Waals surface area contributed by atoms with Crippen LogP contribution in [0.25, 0.3) is 0 Å². The molecule has 1 aliphatic rings. The first-order valence-corrected chi connectivity index (χ1v) is 8.50. The Morgan fingerprint density at radius 1 is 1.12 bits per heavy atom. The molecule has 130 valence electrons. The van der Waals surface area contributed by atoms with E-state index < -0.39 is 0 Å². The smallest absolute Gasteiger partial charge is 0.318 e. The van der Waals surface area contributed by atoms with Crippen molar-refractivity contribution in [1.29, 1.82) is 0 Å². The van der Waals surface area contributed by atoms with E-state index in [-0.39, 0.29) is 18.0 Å². The second kappa shape index (κ2) is 7.38. The maximum atomic E-state index is 12.5. The van der Waals surface area contributed by atoms with Gasteiger partial charge in [-0.2, -0.15) is 0 Å². The van der Waals surface area contributed by atoms with Gasteiger partial charge in [-0.3, -0.25) is 4.79 Å². The first-order valence-electron chi connectivity index (χ1n) is 8.50. The number of urea groups is 1. The first kappa shape index (κ1) is 17.0. The van der Waals surface area contributed by atoms with Gasteiger partial charge in [-0.05, 0) is 29.2 Å². The minimum Gasteiger partial charge on any atom is -0.334 e. The minimum absolute atomic E-state index is 0.0584. The van der Waals surface area contributed by atoms with E-state index >= 15 is 0 Å². The number of carbonyl (C=O) groups excluding carboxylic acids is 2. The Hall–Kier alpha value is -2.82. The highest BCUT2D eigenvalue weighted by molar-refractivity contribution is 5.88. The van der Waals surface area contributed by atoms with E-state index in [1.54, 1.807) is 0 Å². The fourth-order valence-corrected chi connectivity index (χ4v) is 3.30. The molecule has 1 saturated heterocycles. The maximum absolute atomic E-state index is 12.5. The highest BCUT2D eigenvalue weighted by atomic mass is 16.2. The molecular weight excluding hydrogens is 314 g/mol. The highest BCUT2D eigenvalue weighted by Crippen LogP contribution is 2.38. The van der Waals surface area contributed by atoms with Crippen molar-refractivity contribution >= 4 is 17.6 Å². The van der Waals surface area contributed by atoms with E-state index in [0.717, 1.165) is 17.8 Å². The molecule has 0 spiro atoms. The summed E-state index contributed by atoms with van der Waals surface area (Å²) in [5.41, 5.74) is 2.85. The number of hydrogen-bond donors (Lipinski definition) is 2. The third-order valence-electron chi connectivity index (χ3n) is 4.45. The number of rotatable bonds is 4. The molecule has 0 saturated carbocycles. The molecule has 2 aromatic carbocycles. The van der Waals surface area contributed by atoms with Gasteiger partial charge in [0, 0.05) is 25.7 Å². The maximum Gasteiger partial charge on any atom is 0.318 e. The fraction of sp³-hybridized carbons (Fsp3) is 0.300. The summed E-state index contributed by atoms with van der Waals surface area (Å²) >= 11 is 0. The normalized spacial score (nSPS) is 19.0. The van der Waals surface area contributed by atoms with Gasteiger partial charge in [-0.15, -0.1) is 0 Å². The third kappa shape index (κ3) is 3.99. The molecule has 2 N–H and O–H groups in total. The van der Waals surface area contributed by atoms with Crippen LogP contribution < -0.4 is 10.6 Å². The molecule has 0 aliphatic carbocycles. The standard InChI is InChI=1S/C20H23N3O2/c1-14-13-23(19(14)17-8-4-3-5-9-17)20(25)21-12-16-7-6-10-18(11-16)22-15(2)24/h3-11,14,19H,12-13H2,1-2H3,(H,21,25)(H,22,24)/t14-,19+/m1/s1. The molecule has 1 fully saturated rings. The average Bonchev–Trinajstić information content (AvgIpc) is 2.58. The summed E-state index contributed by atoms with van der Waals surface area (Å²) in [7, 11) is 0. The van der Waals surface area contributed by atoms with Gasteiger partial charge in [-0.1, -0.05) is 49.4 Å². The van der Waals surface area contributed by atoms with E-state index in [1.807, 2.05) is 47.4 Å². The molecule has 1 heterocycles. The van der Waals surface area contributed by atoms with Gasteiger partial charge in [0.1, 0.15) is 0 Å². The zero-order valence-corrected chi connectivity index (χ0v) is 14.5. The topological polar surface area (TPSA) is 61.4 Å². The van der Waals surface area contributed by atoms with E-state index in [2.05, 4.69) is 29.7 Å². The fourth-order valence-electron chi connectivity index (χ4n) is 3.30. The van der Waals surface area contributed by atoms with Crippen molar-refractivity contribution in [3.8, 4) is 0 Å². The predicted molar refractivity (Wildman–Crippen MR) is 98.0 cm³/mol. The molecule has 1 aliphatic heterocycles. The summed E-state index contributed by atoms with van der Waals surface area (Å²) in [5.74, 6) is 0.345. The second-order valence-corrected chi connectivity index (χ2v) is 6.53. The number of hydrogen-bond acceptors (Lipinski definition) is 2. The van der Waals surface area contributed by atoms with Crippen LogP contribution in [0.15, 0.2) is 54.6 Å². The van der Waals surface area contributed by atoms with Crippen molar-refractivity contribution in [2.24, 2.45) is 5.92 Å². The number of anilines is 1. The number of amides is 3. The molecule has 3 rings (SSSR count). The van der Waals surface area contributed by atoms with Crippen molar-refractivity contribution in [3.63, 3.8) is 0 Å². The van der Waals surface area contributed by atoms with Gasteiger partial charge >= 0.3 is 6.03 Å². The Balaban J connectivity index is 1.60. The van der Waals surface area contributed by atoms with Crippen molar-refractivity contribution in [2.45, 2.75) is 26.4 Å². The van der Waals surface area contributed by atoms with Crippen LogP contribution in [0.2, 0.25) is 0 Å². The lowest BCUT2D eigenvalue weighted by Gasteiger charge is -2.46. The SMILES string of the molecule is CC(=O)Nc1cccc(CNC(=O)N2C[C@@H](C)[C@H]2c2ccccc2)c1. The van der Waals surface area contributed by atoms with E-state index in [4.69, 9.17) is 0 Å². The molecule has 2 atom stereocenters. The molecule has 3 amide bonds. The second-order valence-electron chi connectivity index (χ2n) is 6.53. The lowest BCUT2D eigenvalue weighted by molar-refractivity contribution is -0.114. The van der Waals surface area contributed by atoms with Gasteiger partial charge in [0.25, 0.3) is 0 Å². The minimum atomic E-state index is -0.110. The summed E-state index contributed by atoms with van der Waals surface area (Å²) in [4.78, 5) is 25.5. The van der Waals surface area contributed by atoms with Crippen LogP contribution in [0.4, 0.5) is 10.5 Å². The van der Waals surface area contributed by atoms with Crippen LogP contribution in [-0.2, 0) is 11.3 Å². The molecule has 0 aromatic heterocycles. The average molecular weight is 337 g/mol. The van der Waals surface area contributed by atoms with E-state index in [9.17, 15) is 9.59 Å². The van der Waals surface area contributed by atoms with Crippen molar-refractivity contribution in [3.05, 3.63) is 65.7 Å². The Kier molecular flexibility index (Phi) is 5.03. The molecule has 5 heteroatoms. The van der Waals surface area contributed by atoms with Crippen LogP contribution in [-0.4, -0.2) is 23.4 Å². The van der Waals surface area contributed by atoms with E-state index in [1.165, 1.54) is 12.5 Å². The summed E-state index contributed by atoms with van der Waals surface area (Å²) in [6, 6.07) is 17.7. The van der Waals surface area contributed by atoms with Crippen LogP contribution in [0.5, 0.6) is 0 Å². The Labute approximate surface area is 148 Å². The molecular formula is C20H23N3O2. The monoisotopic (exact) mass is 337 g/mol. The first-order chi connectivity index (χ1) is 12.0. The quantitative estimate of drug-likeness (QED) is 0.896. The molecule has 0 bridgehead atoms. The molecule has 0 unspecified atom stereocenters. The predicted octanol–water partition coefficient (Wildman–Crippen LogP) is 3.55. The zero-order valence-electron chi connectivity index (χ0n) is 14.5. The summed E-state index contributed by atoms with van der Waals surface area (Å²) < 4.78 is 0. The van der Waals surface area contributed by atoms with Crippen LogP contribution in [0.3, 0.4) is 0 Å². The number of nitrogens with one attached hydrogen (secondary N) is 2. The van der Waals surface area contributed by atoms with Crippen molar-refractivity contribution < 1.29 is 9.59 Å². The Morgan fingerprint density at radius 2 is 1.88 bits per heavy atom. The largest absolute Gasteiger partial charge is 0.334 e. The summed E-state index contributed by atoms with van der Waals surface area (Å²) in [5, 5.41) is 5.73. The van der Waals surface area contributed by atoms with Gasteiger partial charge in [0.2, 0.25) is 5.91 Å². The van der Waals surface area contributed by atoms with Crippen LogP contribution in [0.1, 0.15) is 31.0 Å². The Morgan fingerprint density at radius 3 is 2.56 bits per heavy atom. The Bertz CT molecular complexity index is 761. The highest BCUT2D eigenvalue weighted by Gasteiger charge is 2.39. The lowest BCUT2D eigenvalue weighted by Crippen LogP contribution is -2.54. The number of nitrogens with zero attached hydrogens (tertiary/aromatic N) is 1. The number of benzene rings is 2. The van der Waals surface area contributed by atoms with Gasteiger partial charge in [-0.25, -0.2) is 4.79 Å². The zero-order chi connectivity index (χ0) is 17.8. The summed E-state index contributed by atoms with van der Waals surface area (Å²) in [6.45, 7) is 4.83. The number of carbonyl (C=O) groups is 2. The van der Waals surface area contributed by atoms with Gasteiger partial charge in [0.15, 0.2) is 0 Å². The lowest BCUT2D eigenvalue weighted by atomic mass is 9.85.